The van der Waals surface area contributed by atoms with E-state index in [0.29, 0.717) is 13.0 Å². The second kappa shape index (κ2) is 5.01. The van der Waals surface area contributed by atoms with E-state index in [1.54, 1.807) is 7.05 Å². The van der Waals surface area contributed by atoms with Gasteiger partial charge >= 0.3 is 12.2 Å². The van der Waals surface area contributed by atoms with Crippen LogP contribution in [0.4, 0.5) is 14.7 Å². The van der Waals surface area contributed by atoms with Crippen LogP contribution < -0.4 is 5.32 Å². The maximum Gasteiger partial charge on any atom is 0.315 e. The van der Waals surface area contributed by atoms with E-state index in [4.69, 9.17) is 0 Å². The summed E-state index contributed by atoms with van der Waals surface area (Å²) in [6.45, 7) is 0.403. The average molecular weight is 200 g/mol. The average Bonchev–Trinajstić information content (AvgIpc) is 2.11. The molecule has 0 unspecified atom stereocenters. The molecule has 0 amide bonds. The van der Waals surface area contributed by atoms with Crippen LogP contribution in [0.2, 0.25) is 0 Å². The molecule has 0 aliphatic heterocycles. The van der Waals surface area contributed by atoms with Crippen LogP contribution in [0.15, 0.2) is 0 Å². The van der Waals surface area contributed by atoms with Crippen LogP contribution in [-0.4, -0.2) is 28.5 Å². The van der Waals surface area contributed by atoms with Crippen molar-refractivity contribution in [2.24, 2.45) is 0 Å². The van der Waals surface area contributed by atoms with Crippen molar-refractivity contribution in [3.63, 3.8) is 0 Å². The Morgan fingerprint density at radius 3 is 2.50 bits per heavy atom. The lowest BCUT2D eigenvalue weighted by Gasteiger charge is -1.99. The van der Waals surface area contributed by atoms with Gasteiger partial charge in [-0.25, -0.2) is 0 Å². The SMILES string of the molecule is C[N+]#CCCNc1nc(F)nc(F)n1. The standard InChI is InChI=1S/C7H8F2N5/c1-10-3-2-4-11-7-13-5(8)12-6(9)14-7/h2,4H2,1H3,(H,11,12,13,14)/q+1. The Balaban J connectivity index is 2.53. The molecule has 0 aliphatic carbocycles. The van der Waals surface area contributed by atoms with Gasteiger partial charge in [0.25, 0.3) is 13.1 Å². The summed E-state index contributed by atoms with van der Waals surface area (Å²) in [5.74, 6) is -0.132. The quantitative estimate of drug-likeness (QED) is 0.737. The Kier molecular flexibility index (Phi) is 3.67. The number of nitrogens with zero attached hydrogens (tertiary/aromatic N) is 4. The lowest BCUT2D eigenvalue weighted by atomic mass is 10.5. The molecule has 0 radical (unpaired) electrons. The molecular formula is C7H8F2N5+. The Bertz CT molecular complexity index is 350. The summed E-state index contributed by atoms with van der Waals surface area (Å²) >= 11 is 0. The van der Waals surface area contributed by atoms with Crippen LogP contribution in [0.5, 0.6) is 0 Å². The second-order valence-corrected chi connectivity index (χ2v) is 2.26. The molecule has 0 saturated carbocycles. The number of halogens is 2. The summed E-state index contributed by atoms with van der Waals surface area (Å²) in [6, 6.07) is 2.65. The third-order valence-corrected chi connectivity index (χ3v) is 1.26. The molecule has 7 heteroatoms. The van der Waals surface area contributed by atoms with Crippen LogP contribution in [0.1, 0.15) is 6.42 Å². The van der Waals surface area contributed by atoms with Gasteiger partial charge in [-0.1, -0.05) is 4.85 Å². The van der Waals surface area contributed by atoms with E-state index < -0.39 is 12.2 Å². The summed E-state index contributed by atoms with van der Waals surface area (Å²) < 4.78 is 24.9. The molecule has 1 rings (SSSR count). The van der Waals surface area contributed by atoms with E-state index in [1.807, 2.05) is 0 Å². The molecule has 0 bridgehead atoms. The number of anilines is 1. The summed E-state index contributed by atoms with van der Waals surface area (Å²) in [5, 5.41) is 2.60. The molecule has 1 aromatic heterocycles. The smallest absolute Gasteiger partial charge is 0.315 e. The van der Waals surface area contributed by atoms with Crippen molar-refractivity contribution in [1.82, 2.24) is 15.0 Å². The third-order valence-electron chi connectivity index (χ3n) is 1.26. The molecule has 1 heterocycles. The van der Waals surface area contributed by atoms with Crippen molar-refractivity contribution < 1.29 is 8.78 Å². The van der Waals surface area contributed by atoms with Gasteiger partial charge in [-0.3, -0.25) is 0 Å². The second-order valence-electron chi connectivity index (χ2n) is 2.26. The molecule has 0 saturated heterocycles. The van der Waals surface area contributed by atoms with E-state index in [1.165, 1.54) is 0 Å². The van der Waals surface area contributed by atoms with Crippen LogP contribution in [0.25, 0.3) is 4.85 Å². The number of hydrogen-bond donors (Lipinski definition) is 1. The van der Waals surface area contributed by atoms with Crippen molar-refractivity contribution >= 4 is 5.95 Å². The molecule has 1 N–H and O–H groups in total. The van der Waals surface area contributed by atoms with E-state index in [0.717, 1.165) is 0 Å². The van der Waals surface area contributed by atoms with Crippen LogP contribution in [-0.2, 0) is 0 Å². The number of rotatable bonds is 3. The molecule has 1 aromatic rings. The molecule has 0 aromatic carbocycles. The fourth-order valence-corrected chi connectivity index (χ4v) is 0.747. The van der Waals surface area contributed by atoms with Gasteiger partial charge < -0.3 is 5.32 Å². The van der Waals surface area contributed by atoms with Crippen molar-refractivity contribution in [3.8, 4) is 6.07 Å². The highest BCUT2D eigenvalue weighted by Gasteiger charge is 2.03. The third kappa shape index (κ3) is 3.26. The fourth-order valence-electron chi connectivity index (χ4n) is 0.747. The molecule has 74 valence electrons. The topological polar surface area (TPSA) is 55.1 Å². The summed E-state index contributed by atoms with van der Waals surface area (Å²) in [6.07, 6.45) is -1.79. The van der Waals surface area contributed by atoms with Crippen LogP contribution in [0.3, 0.4) is 0 Å². The van der Waals surface area contributed by atoms with Gasteiger partial charge in [0.2, 0.25) is 5.95 Å². The maximum absolute atomic E-state index is 12.4. The van der Waals surface area contributed by atoms with Crippen molar-refractivity contribution in [2.45, 2.75) is 6.42 Å². The monoisotopic (exact) mass is 200 g/mol. The zero-order valence-electron chi connectivity index (χ0n) is 7.46. The highest BCUT2D eigenvalue weighted by atomic mass is 19.1. The summed E-state index contributed by atoms with van der Waals surface area (Å²) in [7, 11) is 1.59. The van der Waals surface area contributed by atoms with Gasteiger partial charge in [0, 0.05) is 6.54 Å². The number of nitrogens with one attached hydrogen (secondary N) is 1. The van der Waals surface area contributed by atoms with Gasteiger partial charge in [0.15, 0.2) is 0 Å². The van der Waals surface area contributed by atoms with Gasteiger partial charge in [-0.05, 0) is 0 Å². The molecule has 0 aliphatic rings. The Hall–Kier alpha value is -1.84. The van der Waals surface area contributed by atoms with Crippen molar-refractivity contribution in [2.75, 3.05) is 18.9 Å². The minimum absolute atomic E-state index is 0.132. The first-order chi connectivity index (χ1) is 6.72. The number of aromatic nitrogens is 3. The lowest BCUT2D eigenvalue weighted by molar-refractivity contribution is 0.457. The molecular weight excluding hydrogens is 192 g/mol. The predicted octanol–water partition coefficient (Wildman–Crippen LogP) is 0.914. The summed E-state index contributed by atoms with van der Waals surface area (Å²) in [5.41, 5.74) is 0. The van der Waals surface area contributed by atoms with Gasteiger partial charge in [0.1, 0.15) is 0 Å². The van der Waals surface area contributed by atoms with E-state index in [9.17, 15) is 8.78 Å². The highest BCUT2D eigenvalue weighted by Crippen LogP contribution is 1.98. The zero-order valence-corrected chi connectivity index (χ0v) is 7.46. The first-order valence-electron chi connectivity index (χ1n) is 3.85. The van der Waals surface area contributed by atoms with Gasteiger partial charge in [-0.15, -0.1) is 0 Å². The van der Waals surface area contributed by atoms with E-state index in [2.05, 4.69) is 31.2 Å². The zero-order chi connectivity index (χ0) is 10.4. The summed E-state index contributed by atoms with van der Waals surface area (Å²) in [4.78, 5) is 12.8. The van der Waals surface area contributed by atoms with E-state index >= 15 is 0 Å². The first-order valence-corrected chi connectivity index (χ1v) is 3.85. The molecule has 5 nitrogen and oxygen atoms in total. The van der Waals surface area contributed by atoms with Crippen LogP contribution >= 0.6 is 0 Å². The molecule has 14 heavy (non-hydrogen) atoms. The molecule has 0 atom stereocenters. The van der Waals surface area contributed by atoms with E-state index in [-0.39, 0.29) is 5.95 Å². The highest BCUT2D eigenvalue weighted by molar-refractivity contribution is 5.21. The van der Waals surface area contributed by atoms with Crippen molar-refractivity contribution in [3.05, 3.63) is 17.0 Å². The Morgan fingerprint density at radius 2 is 1.93 bits per heavy atom. The maximum atomic E-state index is 12.4. The predicted molar refractivity (Wildman–Crippen MR) is 46.0 cm³/mol. The van der Waals surface area contributed by atoms with Gasteiger partial charge in [-0.2, -0.15) is 23.7 Å². The minimum atomic E-state index is -1.15. The van der Waals surface area contributed by atoms with Crippen LogP contribution in [0, 0.1) is 18.2 Å². The Labute approximate surface area is 79.0 Å². The molecule has 0 spiro atoms. The number of hydrogen-bond acceptors (Lipinski definition) is 4. The normalized spacial score (nSPS) is 9.07. The Morgan fingerprint density at radius 1 is 1.29 bits per heavy atom. The first kappa shape index (κ1) is 10.2. The largest absolute Gasteiger partial charge is 0.353 e. The minimum Gasteiger partial charge on any atom is -0.353 e. The molecule has 0 fully saturated rings. The fraction of sp³-hybridized carbons (Fsp3) is 0.429. The lowest BCUT2D eigenvalue weighted by Crippen LogP contribution is -2.08. The van der Waals surface area contributed by atoms with Gasteiger partial charge in [0.05, 0.1) is 6.42 Å². The van der Waals surface area contributed by atoms with Crippen molar-refractivity contribution in [1.29, 1.82) is 0 Å².